The van der Waals surface area contributed by atoms with Crippen LogP contribution in [0.1, 0.15) is 0 Å². The van der Waals surface area contributed by atoms with Gasteiger partial charge < -0.3 is 0 Å². The van der Waals surface area contributed by atoms with Gasteiger partial charge in [0, 0.05) is 12.4 Å². The maximum atomic E-state index is 13.7. The molecule has 2 aromatic heterocycles. The second kappa shape index (κ2) is 4.93. The molecule has 0 fully saturated rings. The number of nitrogens with zero attached hydrogens (tertiary/aromatic N) is 5. The number of aromatic nitrogens is 5. The van der Waals surface area contributed by atoms with E-state index in [1.807, 2.05) is 0 Å². The molecule has 0 aliphatic carbocycles. The molecule has 0 atom stereocenters. The van der Waals surface area contributed by atoms with Gasteiger partial charge in [-0.05, 0) is 29.8 Å². The first-order chi connectivity index (χ1) is 9.65. The molecule has 5 nitrogen and oxygen atoms in total. The molecular weight excluding hydrogens is 288 g/mol. The lowest BCUT2D eigenvalue weighted by atomic mass is 10.2. The topological polar surface area (TPSA) is 56.5 Å². The monoisotopic (exact) mass is 293 g/mol. The predicted octanol–water partition coefficient (Wildman–Crippen LogP) is 2.66. The summed E-state index contributed by atoms with van der Waals surface area (Å²) in [5, 5.41) is 3.75. The Bertz CT molecular complexity index is 740. The third kappa shape index (κ3) is 2.23. The third-order valence-corrected chi connectivity index (χ3v) is 2.66. The summed E-state index contributed by atoms with van der Waals surface area (Å²) in [5.74, 6) is -1.67. The minimum atomic E-state index is -0.779. The van der Waals surface area contributed by atoms with Crippen molar-refractivity contribution in [3.05, 3.63) is 53.6 Å². The van der Waals surface area contributed by atoms with Crippen molar-refractivity contribution in [2.75, 3.05) is 0 Å². The van der Waals surface area contributed by atoms with E-state index in [0.717, 1.165) is 12.1 Å². The Balaban J connectivity index is 2.20. The van der Waals surface area contributed by atoms with E-state index in [9.17, 15) is 8.78 Å². The van der Waals surface area contributed by atoms with Crippen molar-refractivity contribution in [1.29, 1.82) is 0 Å². The van der Waals surface area contributed by atoms with Gasteiger partial charge in [-0.1, -0.05) is 6.07 Å². The van der Waals surface area contributed by atoms with E-state index >= 15 is 0 Å². The summed E-state index contributed by atoms with van der Waals surface area (Å²) in [6, 6.07) is 5.14. The number of benzene rings is 1. The Morgan fingerprint density at radius 1 is 1.00 bits per heavy atom. The molecule has 3 rings (SSSR count). The number of rotatable bonds is 2. The first kappa shape index (κ1) is 12.6. The van der Waals surface area contributed by atoms with E-state index in [1.165, 1.54) is 16.9 Å². The number of halogens is 3. The normalized spacial score (nSPS) is 10.8. The summed E-state index contributed by atoms with van der Waals surface area (Å²) in [7, 11) is 0. The zero-order valence-corrected chi connectivity index (χ0v) is 10.6. The van der Waals surface area contributed by atoms with Crippen molar-refractivity contribution in [3.63, 3.8) is 0 Å². The fourth-order valence-electron chi connectivity index (χ4n) is 1.65. The van der Waals surface area contributed by atoms with Crippen molar-refractivity contribution in [2.45, 2.75) is 0 Å². The lowest BCUT2D eigenvalue weighted by molar-refractivity contribution is 0.587. The largest absolute Gasteiger partial charge is 0.255 e. The van der Waals surface area contributed by atoms with Crippen LogP contribution in [0.4, 0.5) is 8.78 Å². The van der Waals surface area contributed by atoms with Crippen LogP contribution < -0.4 is 0 Å². The Labute approximate surface area is 116 Å². The maximum absolute atomic E-state index is 13.7. The summed E-state index contributed by atoms with van der Waals surface area (Å²) >= 11 is 5.77. The van der Waals surface area contributed by atoms with Crippen LogP contribution in [0.2, 0.25) is 5.28 Å². The van der Waals surface area contributed by atoms with Crippen LogP contribution in [0.15, 0.2) is 36.7 Å². The highest BCUT2D eigenvalue weighted by Gasteiger charge is 2.16. The fraction of sp³-hybridized carbons (Fsp3) is 0. The Morgan fingerprint density at radius 2 is 1.75 bits per heavy atom. The van der Waals surface area contributed by atoms with E-state index in [4.69, 9.17) is 11.6 Å². The van der Waals surface area contributed by atoms with Crippen LogP contribution in [-0.2, 0) is 0 Å². The molecule has 100 valence electrons. The average molecular weight is 294 g/mol. The van der Waals surface area contributed by atoms with E-state index in [-0.39, 0.29) is 22.6 Å². The van der Waals surface area contributed by atoms with Crippen molar-refractivity contribution >= 4 is 11.6 Å². The van der Waals surface area contributed by atoms with E-state index < -0.39 is 11.6 Å². The second-order valence-corrected chi connectivity index (χ2v) is 4.11. The molecular formula is C12H6ClF2N5. The highest BCUT2D eigenvalue weighted by Crippen LogP contribution is 2.23. The van der Waals surface area contributed by atoms with Gasteiger partial charge in [-0.3, -0.25) is 0 Å². The van der Waals surface area contributed by atoms with Gasteiger partial charge >= 0.3 is 0 Å². The molecule has 1 aromatic carbocycles. The number of hydrogen-bond donors (Lipinski definition) is 0. The van der Waals surface area contributed by atoms with Crippen LogP contribution in [0, 0.1) is 11.6 Å². The van der Waals surface area contributed by atoms with E-state index in [0.29, 0.717) is 0 Å². The molecule has 0 bridgehead atoms. The standard InChI is InChI=1S/C12H6ClF2N5/c13-11-17-10(9-7(14)3-1-4-8(9)15)18-12(19-11)20-6-2-5-16-20/h1-6H. The molecule has 0 amide bonds. The molecule has 0 aliphatic rings. The van der Waals surface area contributed by atoms with Gasteiger partial charge in [-0.2, -0.15) is 20.1 Å². The fourth-order valence-corrected chi connectivity index (χ4v) is 1.81. The molecule has 8 heteroatoms. The van der Waals surface area contributed by atoms with Crippen molar-refractivity contribution in [2.24, 2.45) is 0 Å². The smallest absolute Gasteiger partial charge is 0.206 e. The maximum Gasteiger partial charge on any atom is 0.255 e. The van der Waals surface area contributed by atoms with Gasteiger partial charge in [0.2, 0.25) is 5.28 Å². The molecule has 0 N–H and O–H groups in total. The summed E-state index contributed by atoms with van der Waals surface area (Å²) in [6.45, 7) is 0. The zero-order chi connectivity index (χ0) is 14.1. The predicted molar refractivity (Wildman–Crippen MR) is 67.3 cm³/mol. The van der Waals surface area contributed by atoms with E-state index in [1.54, 1.807) is 12.3 Å². The number of hydrogen-bond acceptors (Lipinski definition) is 4. The molecule has 20 heavy (non-hydrogen) atoms. The minimum absolute atomic E-state index is 0.0765. The quantitative estimate of drug-likeness (QED) is 0.729. The Kier molecular flexibility index (Phi) is 3.11. The van der Waals surface area contributed by atoms with Gasteiger partial charge in [0.1, 0.15) is 11.6 Å². The average Bonchev–Trinajstić information content (AvgIpc) is 2.91. The summed E-state index contributed by atoms with van der Waals surface area (Å²) < 4.78 is 28.8. The SMILES string of the molecule is Fc1cccc(F)c1-c1nc(Cl)nc(-n2cccn2)n1. The molecule has 0 aliphatic heterocycles. The summed E-state index contributed by atoms with van der Waals surface area (Å²) in [5.41, 5.74) is -0.356. The van der Waals surface area contributed by atoms with Crippen molar-refractivity contribution < 1.29 is 8.78 Å². The minimum Gasteiger partial charge on any atom is -0.206 e. The molecule has 3 aromatic rings. The first-order valence-electron chi connectivity index (χ1n) is 5.51. The first-order valence-corrected chi connectivity index (χ1v) is 5.89. The summed E-state index contributed by atoms with van der Waals surface area (Å²) in [4.78, 5) is 11.6. The van der Waals surface area contributed by atoms with Crippen molar-refractivity contribution in [1.82, 2.24) is 24.7 Å². The molecule has 0 saturated carbocycles. The van der Waals surface area contributed by atoms with Gasteiger partial charge in [0.05, 0.1) is 5.56 Å². The van der Waals surface area contributed by atoms with Gasteiger partial charge in [0.15, 0.2) is 5.82 Å². The van der Waals surface area contributed by atoms with Gasteiger partial charge in [-0.25, -0.2) is 13.5 Å². The third-order valence-electron chi connectivity index (χ3n) is 2.49. The Hall–Kier alpha value is -2.41. The molecule has 0 saturated heterocycles. The highest BCUT2D eigenvalue weighted by atomic mass is 35.5. The second-order valence-electron chi connectivity index (χ2n) is 3.78. The van der Waals surface area contributed by atoms with Crippen LogP contribution in [-0.4, -0.2) is 24.7 Å². The summed E-state index contributed by atoms with van der Waals surface area (Å²) in [6.07, 6.45) is 3.09. The van der Waals surface area contributed by atoms with Gasteiger partial charge in [-0.15, -0.1) is 0 Å². The van der Waals surface area contributed by atoms with E-state index in [2.05, 4.69) is 20.1 Å². The Morgan fingerprint density at radius 3 is 2.40 bits per heavy atom. The lowest BCUT2D eigenvalue weighted by Gasteiger charge is -2.06. The lowest BCUT2D eigenvalue weighted by Crippen LogP contribution is -2.06. The molecule has 2 heterocycles. The van der Waals surface area contributed by atoms with Crippen LogP contribution in [0.3, 0.4) is 0 Å². The van der Waals surface area contributed by atoms with Crippen LogP contribution in [0.5, 0.6) is 0 Å². The zero-order valence-electron chi connectivity index (χ0n) is 9.83. The van der Waals surface area contributed by atoms with Crippen molar-refractivity contribution in [3.8, 4) is 17.3 Å². The van der Waals surface area contributed by atoms with Crippen LogP contribution in [0.25, 0.3) is 17.3 Å². The highest BCUT2D eigenvalue weighted by molar-refractivity contribution is 6.28. The molecule has 0 unspecified atom stereocenters. The van der Waals surface area contributed by atoms with Gasteiger partial charge in [0.25, 0.3) is 5.95 Å². The molecule has 0 radical (unpaired) electrons. The van der Waals surface area contributed by atoms with Crippen LogP contribution >= 0.6 is 11.6 Å². The molecule has 0 spiro atoms.